The van der Waals surface area contributed by atoms with Crippen LogP contribution in [-0.4, -0.2) is 18.0 Å². The van der Waals surface area contributed by atoms with Crippen molar-refractivity contribution in [3.05, 3.63) is 71.4 Å². The van der Waals surface area contributed by atoms with Gasteiger partial charge in [-0.3, -0.25) is 4.79 Å². The number of pyridine rings is 1. The van der Waals surface area contributed by atoms with Gasteiger partial charge in [0.2, 0.25) is 0 Å². The number of methoxy groups -OCH3 is 1. The topological polar surface area (TPSA) is 51.2 Å². The lowest BCUT2D eigenvalue weighted by Crippen LogP contribution is -2.27. The van der Waals surface area contributed by atoms with Gasteiger partial charge >= 0.3 is 0 Å². The Labute approximate surface area is 143 Å². The Morgan fingerprint density at radius 1 is 1.08 bits per heavy atom. The van der Waals surface area contributed by atoms with Gasteiger partial charge in [-0.2, -0.15) is 0 Å². The quantitative estimate of drug-likeness (QED) is 0.779. The minimum Gasteiger partial charge on any atom is -0.497 e. The van der Waals surface area contributed by atoms with Gasteiger partial charge in [-0.15, -0.1) is 0 Å². The van der Waals surface area contributed by atoms with Crippen LogP contribution >= 0.6 is 0 Å². The van der Waals surface area contributed by atoms with Crippen molar-refractivity contribution in [2.45, 2.75) is 13.0 Å². The van der Waals surface area contributed by atoms with E-state index >= 15 is 0 Å². The Morgan fingerprint density at radius 3 is 2.60 bits per heavy atom. The zero-order chi connectivity index (χ0) is 18.0. The highest BCUT2D eigenvalue weighted by atomic mass is 19.2. The van der Waals surface area contributed by atoms with Crippen molar-refractivity contribution in [1.82, 2.24) is 10.3 Å². The molecule has 1 aromatic heterocycles. The number of carbonyl (C=O) groups is 1. The molecular formula is C19H16F2N2O2. The van der Waals surface area contributed by atoms with Gasteiger partial charge in [0.1, 0.15) is 11.4 Å². The predicted octanol–water partition coefficient (Wildman–Crippen LogP) is 4.01. The van der Waals surface area contributed by atoms with Crippen LogP contribution in [0.2, 0.25) is 0 Å². The zero-order valence-corrected chi connectivity index (χ0v) is 13.7. The lowest BCUT2D eigenvalue weighted by atomic mass is 10.1. The average molecular weight is 342 g/mol. The van der Waals surface area contributed by atoms with Crippen molar-refractivity contribution in [2.75, 3.05) is 7.11 Å². The summed E-state index contributed by atoms with van der Waals surface area (Å²) in [5.41, 5.74) is 1.37. The number of nitrogens with one attached hydrogen (secondary N) is 1. The third-order valence-corrected chi connectivity index (χ3v) is 3.92. The van der Waals surface area contributed by atoms with Crippen LogP contribution in [-0.2, 0) is 0 Å². The zero-order valence-electron chi connectivity index (χ0n) is 13.7. The van der Waals surface area contributed by atoms with Crippen LogP contribution < -0.4 is 10.1 Å². The third kappa shape index (κ3) is 3.57. The lowest BCUT2D eigenvalue weighted by molar-refractivity contribution is 0.0935. The molecule has 0 bridgehead atoms. The number of halogens is 2. The first-order valence-corrected chi connectivity index (χ1v) is 7.68. The molecule has 4 nitrogen and oxygen atoms in total. The lowest BCUT2D eigenvalue weighted by Gasteiger charge is -2.14. The maximum absolute atomic E-state index is 13.3. The SMILES string of the molecule is COc1ccc2nc(C(=O)NC(C)c3ccc(F)c(F)c3)ccc2c1. The second-order valence-corrected chi connectivity index (χ2v) is 5.62. The Kier molecular flexibility index (Phi) is 4.61. The second-order valence-electron chi connectivity index (χ2n) is 5.62. The molecule has 0 aliphatic rings. The molecule has 0 fully saturated rings. The Balaban J connectivity index is 1.80. The van der Waals surface area contributed by atoms with Gasteiger partial charge in [0.05, 0.1) is 18.7 Å². The van der Waals surface area contributed by atoms with Crippen LogP contribution in [0.5, 0.6) is 5.75 Å². The maximum atomic E-state index is 13.3. The number of hydrogen-bond donors (Lipinski definition) is 1. The Bertz CT molecular complexity index is 944. The highest BCUT2D eigenvalue weighted by Gasteiger charge is 2.15. The molecule has 1 unspecified atom stereocenters. The first kappa shape index (κ1) is 16.8. The molecule has 0 aliphatic carbocycles. The molecule has 0 spiro atoms. The van der Waals surface area contributed by atoms with Gasteiger partial charge in [0.25, 0.3) is 5.91 Å². The standard InChI is InChI=1S/C19H16F2N2O2/c1-11(12-3-6-15(20)16(21)10-12)22-19(24)18-7-4-13-9-14(25-2)5-8-17(13)23-18/h3-11H,1-2H3,(H,22,24). The molecule has 25 heavy (non-hydrogen) atoms. The molecule has 1 N–H and O–H groups in total. The minimum absolute atomic E-state index is 0.243. The Hall–Kier alpha value is -3.02. The minimum atomic E-state index is -0.948. The molecular weight excluding hydrogens is 326 g/mol. The average Bonchev–Trinajstić information content (AvgIpc) is 2.62. The number of rotatable bonds is 4. The van der Waals surface area contributed by atoms with Gasteiger partial charge in [0.15, 0.2) is 11.6 Å². The highest BCUT2D eigenvalue weighted by molar-refractivity contribution is 5.95. The highest BCUT2D eigenvalue weighted by Crippen LogP contribution is 2.20. The summed E-state index contributed by atoms with van der Waals surface area (Å²) < 4.78 is 31.5. The number of nitrogens with zero attached hydrogens (tertiary/aromatic N) is 1. The normalized spacial score (nSPS) is 12.0. The van der Waals surface area contributed by atoms with Crippen molar-refractivity contribution in [2.24, 2.45) is 0 Å². The first-order valence-electron chi connectivity index (χ1n) is 7.68. The van der Waals surface area contributed by atoms with Crippen molar-refractivity contribution in [1.29, 1.82) is 0 Å². The predicted molar refractivity (Wildman–Crippen MR) is 90.5 cm³/mol. The van der Waals surface area contributed by atoms with E-state index in [2.05, 4.69) is 10.3 Å². The molecule has 3 rings (SSSR count). The number of ether oxygens (including phenoxy) is 1. The summed E-state index contributed by atoms with van der Waals surface area (Å²) in [7, 11) is 1.58. The number of benzene rings is 2. The van der Waals surface area contributed by atoms with Crippen LogP contribution in [0.4, 0.5) is 8.78 Å². The van der Waals surface area contributed by atoms with Crippen molar-refractivity contribution in [3.63, 3.8) is 0 Å². The number of amides is 1. The van der Waals surface area contributed by atoms with Crippen molar-refractivity contribution in [3.8, 4) is 5.75 Å². The van der Waals surface area contributed by atoms with E-state index in [0.29, 0.717) is 16.8 Å². The van der Waals surface area contributed by atoms with E-state index in [0.717, 1.165) is 17.5 Å². The van der Waals surface area contributed by atoms with Crippen LogP contribution in [0, 0.1) is 11.6 Å². The summed E-state index contributed by atoms with van der Waals surface area (Å²) in [6.07, 6.45) is 0. The van der Waals surface area contributed by atoms with Crippen LogP contribution in [0.15, 0.2) is 48.5 Å². The van der Waals surface area contributed by atoms with Crippen LogP contribution in [0.3, 0.4) is 0 Å². The molecule has 2 aromatic carbocycles. The summed E-state index contributed by atoms with van der Waals surface area (Å²) in [5, 5.41) is 3.58. The van der Waals surface area contributed by atoms with Crippen LogP contribution in [0.1, 0.15) is 29.0 Å². The summed E-state index contributed by atoms with van der Waals surface area (Å²) in [4.78, 5) is 16.7. The van der Waals surface area contributed by atoms with Crippen LogP contribution in [0.25, 0.3) is 10.9 Å². The van der Waals surface area contributed by atoms with Gasteiger partial charge < -0.3 is 10.1 Å². The maximum Gasteiger partial charge on any atom is 0.270 e. The molecule has 6 heteroatoms. The molecule has 1 heterocycles. The van der Waals surface area contributed by atoms with E-state index in [9.17, 15) is 13.6 Å². The van der Waals surface area contributed by atoms with Gasteiger partial charge in [-0.1, -0.05) is 12.1 Å². The van der Waals surface area contributed by atoms with Crippen molar-refractivity contribution < 1.29 is 18.3 Å². The monoisotopic (exact) mass is 342 g/mol. The van der Waals surface area contributed by atoms with E-state index < -0.39 is 23.6 Å². The largest absolute Gasteiger partial charge is 0.497 e. The molecule has 0 radical (unpaired) electrons. The van der Waals surface area contributed by atoms with E-state index in [1.807, 2.05) is 6.07 Å². The first-order chi connectivity index (χ1) is 12.0. The summed E-state index contributed by atoms with van der Waals surface area (Å²) in [6, 6.07) is 11.8. The second kappa shape index (κ2) is 6.84. The summed E-state index contributed by atoms with van der Waals surface area (Å²) in [6.45, 7) is 1.69. The molecule has 0 saturated heterocycles. The molecule has 3 aromatic rings. The number of hydrogen-bond acceptors (Lipinski definition) is 3. The smallest absolute Gasteiger partial charge is 0.270 e. The number of carbonyl (C=O) groups excluding carboxylic acids is 1. The van der Waals surface area contributed by atoms with Gasteiger partial charge in [-0.05, 0) is 48.9 Å². The van der Waals surface area contributed by atoms with Crippen molar-refractivity contribution >= 4 is 16.8 Å². The Morgan fingerprint density at radius 2 is 1.88 bits per heavy atom. The van der Waals surface area contributed by atoms with E-state index in [4.69, 9.17) is 4.74 Å². The summed E-state index contributed by atoms with van der Waals surface area (Å²) >= 11 is 0. The molecule has 1 atom stereocenters. The summed E-state index contributed by atoms with van der Waals surface area (Å²) in [5.74, 6) is -1.56. The van der Waals surface area contributed by atoms with Gasteiger partial charge in [-0.25, -0.2) is 13.8 Å². The fraction of sp³-hybridized carbons (Fsp3) is 0.158. The fourth-order valence-corrected chi connectivity index (χ4v) is 2.49. The molecule has 1 amide bonds. The number of aromatic nitrogens is 1. The third-order valence-electron chi connectivity index (χ3n) is 3.92. The molecule has 0 aliphatic heterocycles. The van der Waals surface area contributed by atoms with E-state index in [1.54, 1.807) is 38.3 Å². The van der Waals surface area contributed by atoms with Gasteiger partial charge in [0, 0.05) is 5.39 Å². The molecule has 0 saturated carbocycles. The van der Waals surface area contributed by atoms with E-state index in [-0.39, 0.29) is 5.69 Å². The fourth-order valence-electron chi connectivity index (χ4n) is 2.49. The number of fused-ring (bicyclic) bond motifs is 1. The molecule has 128 valence electrons. The van der Waals surface area contributed by atoms with E-state index in [1.165, 1.54) is 6.07 Å².